The lowest BCUT2D eigenvalue weighted by Crippen LogP contribution is -2.49. The Labute approximate surface area is 262 Å². The van der Waals surface area contributed by atoms with Crippen molar-refractivity contribution in [2.24, 2.45) is 5.41 Å². The van der Waals surface area contributed by atoms with Gasteiger partial charge < -0.3 is 29.4 Å². The summed E-state index contributed by atoms with van der Waals surface area (Å²) < 4.78 is 49.6. The number of hydrogen-bond donors (Lipinski definition) is 2. The van der Waals surface area contributed by atoms with E-state index in [0.717, 1.165) is 29.3 Å². The summed E-state index contributed by atoms with van der Waals surface area (Å²) in [5, 5.41) is 15.1. The number of hydrogen-bond acceptors (Lipinski definition) is 6. The van der Waals surface area contributed by atoms with Gasteiger partial charge in [-0.2, -0.15) is 5.26 Å². The van der Waals surface area contributed by atoms with Crippen LogP contribution < -0.4 is 15.4 Å². The van der Waals surface area contributed by atoms with Crippen LogP contribution in [0, 0.1) is 35.3 Å². The monoisotopic (exact) mass is 633 g/mol. The van der Waals surface area contributed by atoms with Gasteiger partial charge in [-0.15, -0.1) is 0 Å². The molecule has 1 saturated heterocycles. The van der Waals surface area contributed by atoms with Crippen LogP contribution in [0.15, 0.2) is 48.8 Å². The number of amides is 2. The Kier molecular flexibility index (Phi) is 9.25. The number of ether oxygens (including phenoxy) is 3. The number of carbonyl (C=O) groups is 1. The molecule has 12 heteroatoms. The largest absolute Gasteiger partial charge is 0.450 e. The number of carbonyl (C=O) groups excluding carboxylic acids is 1. The highest BCUT2D eigenvalue weighted by Crippen LogP contribution is 2.41. The van der Waals surface area contributed by atoms with Gasteiger partial charge in [-0.25, -0.2) is 18.6 Å². The lowest BCUT2D eigenvalue weighted by molar-refractivity contribution is -0.0974. The molecule has 2 aromatic carbocycles. The average Bonchev–Trinajstić information content (AvgIpc) is 3.33. The third-order valence-corrected chi connectivity index (χ3v) is 9.34. The molecule has 0 aliphatic carbocycles. The van der Waals surface area contributed by atoms with Crippen LogP contribution in [0.2, 0.25) is 25.7 Å². The van der Waals surface area contributed by atoms with Gasteiger partial charge in [0.2, 0.25) is 0 Å². The first kappa shape index (κ1) is 32.1. The van der Waals surface area contributed by atoms with E-state index in [-0.39, 0.29) is 23.6 Å². The van der Waals surface area contributed by atoms with Crippen molar-refractivity contribution in [1.29, 1.82) is 5.26 Å². The molecule has 236 valence electrons. The van der Waals surface area contributed by atoms with Crippen molar-refractivity contribution < 1.29 is 27.8 Å². The third-order valence-electron chi connectivity index (χ3n) is 7.64. The van der Waals surface area contributed by atoms with Crippen molar-refractivity contribution in [3.05, 3.63) is 71.6 Å². The number of nitrogens with zero attached hydrogens (tertiary/aromatic N) is 3. The lowest BCUT2D eigenvalue weighted by Gasteiger charge is -2.37. The first-order valence-electron chi connectivity index (χ1n) is 14.7. The summed E-state index contributed by atoms with van der Waals surface area (Å²) in [6, 6.07) is 11.5. The Balaban J connectivity index is 1.45. The van der Waals surface area contributed by atoms with E-state index in [0.29, 0.717) is 48.5 Å². The summed E-state index contributed by atoms with van der Waals surface area (Å²) in [7, 11) is -1.30. The van der Waals surface area contributed by atoms with Crippen LogP contribution in [0.1, 0.15) is 18.1 Å². The van der Waals surface area contributed by atoms with Gasteiger partial charge in [-0.3, -0.25) is 0 Å². The Morgan fingerprint density at radius 3 is 2.51 bits per heavy atom. The number of fused-ring (bicyclic) bond motifs is 1. The smallest absolute Gasteiger partial charge is 0.319 e. The van der Waals surface area contributed by atoms with E-state index in [2.05, 4.69) is 41.3 Å². The van der Waals surface area contributed by atoms with Gasteiger partial charge in [0.1, 0.15) is 18.1 Å². The molecule has 1 aliphatic heterocycles. The van der Waals surface area contributed by atoms with E-state index in [1.165, 1.54) is 6.20 Å². The second-order valence-electron chi connectivity index (χ2n) is 13.0. The minimum absolute atomic E-state index is 0.0553. The number of anilines is 1. The van der Waals surface area contributed by atoms with Crippen LogP contribution in [0.4, 0.5) is 19.3 Å². The minimum Gasteiger partial charge on any atom is -0.450 e. The molecule has 1 fully saturated rings. The van der Waals surface area contributed by atoms with Crippen LogP contribution in [-0.2, 0) is 16.2 Å². The maximum atomic E-state index is 15.3. The van der Waals surface area contributed by atoms with Gasteiger partial charge in [0.05, 0.1) is 30.2 Å². The fourth-order valence-electron chi connectivity index (χ4n) is 5.01. The van der Waals surface area contributed by atoms with Crippen molar-refractivity contribution in [2.75, 3.05) is 31.7 Å². The molecule has 9 nitrogen and oxygen atoms in total. The average molecular weight is 634 g/mol. The summed E-state index contributed by atoms with van der Waals surface area (Å²) in [5.41, 5.74) is 3.18. The highest BCUT2D eigenvalue weighted by Gasteiger charge is 2.33. The van der Waals surface area contributed by atoms with E-state index in [1.807, 2.05) is 30.7 Å². The maximum Gasteiger partial charge on any atom is 0.319 e. The topological polar surface area (TPSA) is 110 Å². The molecular weight excluding hydrogens is 596 g/mol. The molecule has 5 rings (SSSR count). The van der Waals surface area contributed by atoms with E-state index in [9.17, 15) is 10.1 Å². The van der Waals surface area contributed by atoms with E-state index >= 15 is 8.78 Å². The molecular formula is C33H37F2N5O4Si. The highest BCUT2D eigenvalue weighted by molar-refractivity contribution is 6.76. The molecule has 0 spiro atoms. The fourth-order valence-corrected chi connectivity index (χ4v) is 5.77. The predicted octanol–water partition coefficient (Wildman–Crippen LogP) is 7.42. The Morgan fingerprint density at radius 2 is 1.89 bits per heavy atom. The fraction of sp³-hybridized carbons (Fsp3) is 0.364. The van der Waals surface area contributed by atoms with E-state index in [1.54, 1.807) is 18.2 Å². The summed E-state index contributed by atoms with van der Waals surface area (Å²) in [6.45, 7) is 13.0. The summed E-state index contributed by atoms with van der Waals surface area (Å²) >= 11 is 0. The van der Waals surface area contributed by atoms with Gasteiger partial charge in [-0.05, 0) is 42.3 Å². The number of aromatic nitrogens is 2. The molecule has 2 amide bonds. The number of nitriles is 1. The van der Waals surface area contributed by atoms with Gasteiger partial charge in [0.25, 0.3) is 0 Å². The Morgan fingerprint density at radius 1 is 1.16 bits per heavy atom. The molecule has 2 aromatic heterocycles. The summed E-state index contributed by atoms with van der Waals surface area (Å²) in [5.74, 6) is -2.40. The minimum atomic E-state index is -1.30. The van der Waals surface area contributed by atoms with Crippen molar-refractivity contribution in [3.63, 3.8) is 0 Å². The van der Waals surface area contributed by atoms with Crippen molar-refractivity contribution in [1.82, 2.24) is 14.9 Å². The molecule has 0 radical (unpaired) electrons. The Bertz CT molecular complexity index is 1750. The number of pyridine rings is 1. The quantitative estimate of drug-likeness (QED) is 0.131. The van der Waals surface area contributed by atoms with E-state index in [4.69, 9.17) is 14.2 Å². The molecule has 0 saturated carbocycles. The number of aryl methyl sites for hydroxylation is 1. The first-order chi connectivity index (χ1) is 21.4. The second-order valence-corrected chi connectivity index (χ2v) is 18.6. The highest BCUT2D eigenvalue weighted by atomic mass is 28.3. The summed E-state index contributed by atoms with van der Waals surface area (Å²) in [4.78, 5) is 16.9. The van der Waals surface area contributed by atoms with Crippen LogP contribution in [-0.4, -0.2) is 50.0 Å². The Hall–Kier alpha value is -4.31. The van der Waals surface area contributed by atoms with Crippen LogP contribution in [0.5, 0.6) is 11.5 Å². The summed E-state index contributed by atoms with van der Waals surface area (Å²) in [6.07, 6.45) is 3.39. The van der Waals surface area contributed by atoms with Gasteiger partial charge in [0, 0.05) is 62.4 Å². The number of urea groups is 1. The maximum absolute atomic E-state index is 15.3. The van der Waals surface area contributed by atoms with Gasteiger partial charge in [0.15, 0.2) is 17.4 Å². The van der Waals surface area contributed by atoms with Gasteiger partial charge >= 0.3 is 6.03 Å². The SMILES string of the molecule is Cc1cc(C#N)ccc1-c1cn(COCC[Si](C)(C)C)c2nccc(Oc3c(F)cc(NC(=O)NCC4(C)COC4)cc3F)c12. The number of nitrogens with one attached hydrogen (secondary N) is 2. The molecule has 3 heterocycles. The number of benzene rings is 2. The number of rotatable bonds is 11. The van der Waals surface area contributed by atoms with Crippen molar-refractivity contribution in [3.8, 4) is 28.7 Å². The molecule has 1 aliphatic rings. The van der Waals surface area contributed by atoms with Crippen LogP contribution in [0.25, 0.3) is 22.2 Å². The van der Waals surface area contributed by atoms with Gasteiger partial charge in [-0.1, -0.05) is 32.6 Å². The van der Waals surface area contributed by atoms with Crippen molar-refractivity contribution in [2.45, 2.75) is 46.3 Å². The second kappa shape index (κ2) is 13.0. The normalized spacial score (nSPS) is 14.1. The molecule has 45 heavy (non-hydrogen) atoms. The third kappa shape index (κ3) is 7.50. The lowest BCUT2D eigenvalue weighted by atomic mass is 9.89. The molecule has 0 bridgehead atoms. The van der Waals surface area contributed by atoms with Crippen LogP contribution in [0.3, 0.4) is 0 Å². The van der Waals surface area contributed by atoms with Crippen LogP contribution >= 0.6 is 0 Å². The zero-order chi connectivity index (χ0) is 32.4. The zero-order valence-corrected chi connectivity index (χ0v) is 27.1. The first-order valence-corrected chi connectivity index (χ1v) is 18.4. The number of halogens is 2. The predicted molar refractivity (Wildman–Crippen MR) is 171 cm³/mol. The molecule has 2 N–H and O–H groups in total. The molecule has 0 atom stereocenters. The molecule has 4 aromatic rings. The standard InChI is InChI=1S/C33H37F2N5O4Si/c1-21-12-22(15-36)6-7-24(21)25-16-40(20-42-10-11-45(3,4)5)31-29(25)28(8-9-37-31)44-30-26(34)13-23(14-27(30)35)39-32(41)38-17-33(2)18-43-19-33/h6-9,12-14,16H,10-11,17-20H2,1-5H3,(H2,38,39,41). The molecule has 0 unspecified atom stereocenters. The zero-order valence-electron chi connectivity index (χ0n) is 26.1. The van der Waals surface area contributed by atoms with Crippen molar-refractivity contribution >= 4 is 30.8 Å². The van der Waals surface area contributed by atoms with E-state index < -0.39 is 31.5 Å².